The Morgan fingerprint density at radius 2 is 1.97 bits per heavy atom. The molecule has 0 bridgehead atoms. The van der Waals surface area contributed by atoms with Gasteiger partial charge in [-0.05, 0) is 56.7 Å². The molecule has 0 spiro atoms. The summed E-state index contributed by atoms with van der Waals surface area (Å²) in [6, 6.07) is 6.54. The van der Waals surface area contributed by atoms with E-state index in [0.29, 0.717) is 29.5 Å². The summed E-state index contributed by atoms with van der Waals surface area (Å²) in [6.07, 6.45) is 8.14. The standard InChI is InChI=1S/C25H32FN5O3S/c26-17-5-3-4-16(14-17)24-31-30-23(34-24)15-8-10-18(11-9-15)27-21(32)12-13-35-25-28-20-7-2-1-6-19(20)22(33)29-25/h3-5,14-15,18-20,25,28H,1-2,6-13H2,(H,27,32)(H,29,33). The van der Waals surface area contributed by atoms with E-state index in [4.69, 9.17) is 4.42 Å². The topological polar surface area (TPSA) is 109 Å². The first kappa shape index (κ1) is 24.2. The number of benzene rings is 1. The molecule has 3 fully saturated rings. The van der Waals surface area contributed by atoms with Crippen LogP contribution in [0.2, 0.25) is 0 Å². The number of thioether (sulfide) groups is 1. The SMILES string of the molecule is O=C(CCSC1NC(=O)C2CCCCC2N1)NC1CCC(c2nnc(-c3cccc(F)c3)o2)CC1. The monoisotopic (exact) mass is 501 g/mol. The fourth-order valence-corrected chi connectivity index (χ4v) is 6.41. The maximum atomic E-state index is 13.5. The lowest BCUT2D eigenvalue weighted by atomic mass is 9.83. The van der Waals surface area contributed by atoms with Crippen LogP contribution in [-0.4, -0.2) is 45.3 Å². The fourth-order valence-electron chi connectivity index (χ4n) is 5.40. The third kappa shape index (κ3) is 6.03. The molecule has 2 aliphatic carbocycles. The van der Waals surface area contributed by atoms with E-state index >= 15 is 0 Å². The average Bonchev–Trinajstić information content (AvgIpc) is 3.35. The summed E-state index contributed by atoms with van der Waals surface area (Å²) in [5.41, 5.74) is 0.459. The molecule has 1 aromatic heterocycles. The Balaban J connectivity index is 1.02. The summed E-state index contributed by atoms with van der Waals surface area (Å²) in [4.78, 5) is 24.8. The normalized spacial score (nSPS) is 28.7. The molecule has 5 rings (SSSR count). The van der Waals surface area contributed by atoms with E-state index in [1.807, 2.05) is 0 Å². The summed E-state index contributed by atoms with van der Waals surface area (Å²) >= 11 is 1.59. The Bertz CT molecular complexity index is 1040. The predicted molar refractivity (Wildman–Crippen MR) is 131 cm³/mol. The van der Waals surface area contributed by atoms with E-state index < -0.39 is 0 Å². The molecule has 2 heterocycles. The molecular formula is C25H32FN5O3S. The van der Waals surface area contributed by atoms with E-state index in [9.17, 15) is 14.0 Å². The molecule has 35 heavy (non-hydrogen) atoms. The summed E-state index contributed by atoms with van der Waals surface area (Å²) in [5.74, 6) is 1.66. The van der Waals surface area contributed by atoms with Crippen molar-refractivity contribution < 1.29 is 18.4 Å². The van der Waals surface area contributed by atoms with Crippen LogP contribution in [0.3, 0.4) is 0 Å². The van der Waals surface area contributed by atoms with Crippen molar-refractivity contribution >= 4 is 23.6 Å². The van der Waals surface area contributed by atoms with E-state index in [1.165, 1.54) is 18.6 Å². The third-order valence-electron chi connectivity index (χ3n) is 7.31. The van der Waals surface area contributed by atoms with Crippen LogP contribution < -0.4 is 16.0 Å². The smallest absolute Gasteiger partial charge is 0.247 e. The van der Waals surface area contributed by atoms with Gasteiger partial charge >= 0.3 is 0 Å². The molecule has 3 N–H and O–H groups in total. The second-order valence-corrected chi connectivity index (χ2v) is 11.0. The maximum Gasteiger partial charge on any atom is 0.247 e. The molecule has 1 aliphatic heterocycles. The van der Waals surface area contributed by atoms with E-state index in [1.54, 1.807) is 23.9 Å². The van der Waals surface area contributed by atoms with E-state index in [0.717, 1.165) is 44.9 Å². The lowest BCUT2D eigenvalue weighted by Gasteiger charge is -2.39. The Morgan fingerprint density at radius 1 is 1.14 bits per heavy atom. The van der Waals surface area contributed by atoms with Crippen LogP contribution in [0.1, 0.15) is 69.6 Å². The van der Waals surface area contributed by atoms with Gasteiger partial charge < -0.3 is 15.1 Å². The van der Waals surface area contributed by atoms with Gasteiger partial charge in [0.2, 0.25) is 23.6 Å². The Morgan fingerprint density at radius 3 is 2.80 bits per heavy atom. The molecule has 10 heteroatoms. The Kier molecular flexibility index (Phi) is 7.67. The number of fused-ring (bicyclic) bond motifs is 1. The van der Waals surface area contributed by atoms with Crippen molar-refractivity contribution in [1.82, 2.24) is 26.1 Å². The molecule has 188 valence electrons. The van der Waals surface area contributed by atoms with Gasteiger partial charge in [0, 0.05) is 35.7 Å². The number of hydrogen-bond donors (Lipinski definition) is 3. The first-order chi connectivity index (χ1) is 17.0. The summed E-state index contributed by atoms with van der Waals surface area (Å²) in [5, 5.41) is 18.0. The van der Waals surface area contributed by atoms with Gasteiger partial charge in [-0.3, -0.25) is 14.9 Å². The highest BCUT2D eigenvalue weighted by Gasteiger charge is 2.37. The van der Waals surface area contributed by atoms with Crippen LogP contribution in [0.5, 0.6) is 0 Å². The van der Waals surface area contributed by atoms with Crippen LogP contribution in [0.4, 0.5) is 4.39 Å². The van der Waals surface area contributed by atoms with Gasteiger partial charge in [-0.1, -0.05) is 18.9 Å². The number of amides is 2. The molecule has 0 radical (unpaired) electrons. The van der Waals surface area contributed by atoms with Crippen molar-refractivity contribution in [3.05, 3.63) is 36.0 Å². The molecule has 3 atom stereocenters. The van der Waals surface area contributed by atoms with Gasteiger partial charge in [-0.15, -0.1) is 22.0 Å². The molecule has 3 unspecified atom stereocenters. The van der Waals surface area contributed by atoms with Crippen LogP contribution >= 0.6 is 11.8 Å². The second-order valence-electron chi connectivity index (χ2n) is 9.75. The van der Waals surface area contributed by atoms with Crippen LogP contribution in [0, 0.1) is 11.7 Å². The van der Waals surface area contributed by atoms with Crippen molar-refractivity contribution in [3.8, 4) is 11.5 Å². The van der Waals surface area contributed by atoms with Gasteiger partial charge in [0.05, 0.1) is 5.92 Å². The molecule has 3 aliphatic rings. The van der Waals surface area contributed by atoms with Gasteiger partial charge in [0.1, 0.15) is 11.3 Å². The number of aromatic nitrogens is 2. The first-order valence-electron chi connectivity index (χ1n) is 12.6. The number of hydrogen-bond acceptors (Lipinski definition) is 7. The molecule has 2 aromatic rings. The lowest BCUT2D eigenvalue weighted by Crippen LogP contribution is -2.60. The van der Waals surface area contributed by atoms with Crippen LogP contribution in [-0.2, 0) is 9.59 Å². The number of nitrogens with one attached hydrogen (secondary N) is 3. The van der Waals surface area contributed by atoms with Crippen LogP contribution in [0.15, 0.2) is 28.7 Å². The van der Waals surface area contributed by atoms with E-state index in [2.05, 4.69) is 26.1 Å². The zero-order chi connectivity index (χ0) is 24.2. The molecule has 1 saturated heterocycles. The molecule has 2 amide bonds. The minimum absolute atomic E-state index is 0.0461. The van der Waals surface area contributed by atoms with Gasteiger partial charge in [-0.2, -0.15) is 0 Å². The summed E-state index contributed by atoms with van der Waals surface area (Å²) in [7, 11) is 0. The number of nitrogens with zero attached hydrogens (tertiary/aromatic N) is 2. The number of rotatable bonds is 7. The Hall–Kier alpha value is -2.46. The highest BCUT2D eigenvalue weighted by Crippen LogP contribution is 2.34. The van der Waals surface area contributed by atoms with Gasteiger partial charge in [0.15, 0.2) is 0 Å². The number of carbonyl (C=O) groups is 2. The lowest BCUT2D eigenvalue weighted by molar-refractivity contribution is -0.129. The predicted octanol–water partition coefficient (Wildman–Crippen LogP) is 3.70. The molecule has 2 saturated carbocycles. The van der Waals surface area contributed by atoms with Crippen molar-refractivity contribution in [2.24, 2.45) is 5.92 Å². The van der Waals surface area contributed by atoms with Gasteiger partial charge in [0.25, 0.3) is 0 Å². The largest absolute Gasteiger partial charge is 0.420 e. The molecular weight excluding hydrogens is 469 g/mol. The summed E-state index contributed by atoms with van der Waals surface area (Å²) in [6.45, 7) is 0. The zero-order valence-corrected chi connectivity index (χ0v) is 20.5. The van der Waals surface area contributed by atoms with Crippen molar-refractivity contribution in [2.45, 2.75) is 81.3 Å². The highest BCUT2D eigenvalue weighted by molar-refractivity contribution is 7.99. The minimum Gasteiger partial charge on any atom is -0.420 e. The average molecular weight is 502 g/mol. The van der Waals surface area contributed by atoms with Crippen molar-refractivity contribution in [1.29, 1.82) is 0 Å². The van der Waals surface area contributed by atoms with E-state index in [-0.39, 0.29) is 47.0 Å². The quantitative estimate of drug-likeness (QED) is 0.531. The van der Waals surface area contributed by atoms with Crippen LogP contribution in [0.25, 0.3) is 11.5 Å². The van der Waals surface area contributed by atoms with Crippen molar-refractivity contribution in [2.75, 3.05) is 5.75 Å². The van der Waals surface area contributed by atoms with Gasteiger partial charge in [-0.25, -0.2) is 4.39 Å². The fraction of sp³-hybridized carbons (Fsp3) is 0.600. The third-order valence-corrected chi connectivity index (χ3v) is 8.34. The number of halogens is 1. The highest BCUT2D eigenvalue weighted by atomic mass is 32.2. The Labute approximate surface area is 208 Å². The first-order valence-corrected chi connectivity index (χ1v) is 13.7. The zero-order valence-electron chi connectivity index (χ0n) is 19.7. The maximum absolute atomic E-state index is 13.5. The number of carbonyl (C=O) groups excluding carboxylic acids is 2. The summed E-state index contributed by atoms with van der Waals surface area (Å²) < 4.78 is 19.3. The molecule has 8 nitrogen and oxygen atoms in total. The second kappa shape index (κ2) is 11.1. The molecule has 1 aromatic carbocycles. The minimum atomic E-state index is -0.338. The van der Waals surface area contributed by atoms with Crippen molar-refractivity contribution in [3.63, 3.8) is 0 Å².